The van der Waals surface area contributed by atoms with E-state index < -0.39 is 0 Å². The second kappa shape index (κ2) is 11.4. The molecule has 2 heterocycles. The van der Waals surface area contributed by atoms with Gasteiger partial charge in [0.2, 0.25) is 0 Å². The number of fused-ring (bicyclic) bond motifs is 7. The Morgan fingerprint density at radius 1 is 0.408 bits per heavy atom. The minimum atomic E-state index is 0.259. The van der Waals surface area contributed by atoms with Gasteiger partial charge in [-0.25, -0.2) is 0 Å². The van der Waals surface area contributed by atoms with Crippen molar-refractivity contribution in [3.8, 4) is 16.8 Å². The zero-order chi connectivity index (χ0) is 32.3. The summed E-state index contributed by atoms with van der Waals surface area (Å²) in [6.45, 7) is 0. The summed E-state index contributed by atoms with van der Waals surface area (Å²) < 4.78 is 5.29. The third kappa shape index (κ3) is 4.63. The van der Waals surface area contributed by atoms with Gasteiger partial charge in [-0.3, -0.25) is 0 Å². The summed E-state index contributed by atoms with van der Waals surface area (Å²) in [5.74, 6) is 0. The fourth-order valence-electron chi connectivity index (χ4n) is 7.50. The van der Waals surface area contributed by atoms with E-state index in [9.17, 15) is 0 Å². The van der Waals surface area contributed by atoms with Crippen LogP contribution >= 0.6 is 0 Å². The molecule has 49 heavy (non-hydrogen) atoms. The Bertz CT molecular complexity index is 2840. The first-order chi connectivity index (χ1) is 24.3. The molecular weight excluding hydrogens is 659 g/mol. The number of rotatable bonds is 5. The first kappa shape index (κ1) is 28.2. The van der Waals surface area contributed by atoms with Crippen LogP contribution in [-0.4, -0.2) is 19.1 Å². The summed E-state index contributed by atoms with van der Waals surface area (Å²) >= 11 is 0.259. The molecule has 2 nitrogen and oxygen atoms in total. The van der Waals surface area contributed by atoms with Gasteiger partial charge in [-0.15, -0.1) is 0 Å². The van der Waals surface area contributed by atoms with E-state index in [1.165, 1.54) is 68.7 Å². The molecule has 0 atom stereocenters. The number of benzene rings is 8. The normalized spacial score (nSPS) is 11.7. The van der Waals surface area contributed by atoms with Crippen LogP contribution in [0.4, 0.5) is 17.1 Å². The van der Waals surface area contributed by atoms with E-state index in [1.54, 1.807) is 0 Å². The van der Waals surface area contributed by atoms with Gasteiger partial charge in [0.05, 0.1) is 0 Å². The van der Waals surface area contributed by atoms with Gasteiger partial charge in [-0.2, -0.15) is 0 Å². The van der Waals surface area contributed by atoms with Crippen LogP contribution < -0.4 is 4.90 Å². The predicted molar refractivity (Wildman–Crippen MR) is 210 cm³/mol. The molecular formula is C46H30N2Se. The van der Waals surface area contributed by atoms with Crippen LogP contribution in [0.2, 0.25) is 0 Å². The monoisotopic (exact) mass is 690 g/mol. The summed E-state index contributed by atoms with van der Waals surface area (Å²) in [6, 6.07) is 66.7. The Morgan fingerprint density at radius 2 is 1.06 bits per heavy atom. The topological polar surface area (TPSA) is 8.17 Å². The Morgan fingerprint density at radius 3 is 1.96 bits per heavy atom. The van der Waals surface area contributed by atoms with E-state index in [4.69, 9.17) is 0 Å². The van der Waals surface area contributed by atoms with Crippen molar-refractivity contribution in [3.63, 3.8) is 0 Å². The molecule has 3 heteroatoms. The third-order valence-electron chi connectivity index (χ3n) is 9.76. The fraction of sp³-hybridized carbons (Fsp3) is 0. The van der Waals surface area contributed by atoms with Gasteiger partial charge < -0.3 is 0 Å². The second-order valence-electron chi connectivity index (χ2n) is 12.6. The second-order valence-corrected chi connectivity index (χ2v) is 14.9. The standard InChI is InChI=1S/C46H30N2Se/c1-2-14-34(15-3-1)48-43-20-10-7-17-38(43)39-26-24-35(29-44(39)48)47(36-25-27-41-40-18-8-11-21-45(40)49-46(41)30-36)42-19-9-6-16-37(42)33-23-22-31-12-4-5-13-32(31)28-33/h1-30H. The first-order valence-corrected chi connectivity index (χ1v) is 18.4. The van der Waals surface area contributed by atoms with Crippen molar-refractivity contribution in [1.82, 2.24) is 4.57 Å². The van der Waals surface area contributed by atoms with E-state index in [0.29, 0.717) is 0 Å². The Balaban J connectivity index is 1.25. The maximum atomic E-state index is 2.47. The molecule has 0 saturated heterocycles. The number of para-hydroxylation sites is 3. The number of anilines is 3. The molecule has 2 aromatic heterocycles. The quantitative estimate of drug-likeness (QED) is 0.163. The predicted octanol–water partition coefficient (Wildman–Crippen LogP) is 12.4. The van der Waals surface area contributed by atoms with E-state index in [2.05, 4.69) is 191 Å². The summed E-state index contributed by atoms with van der Waals surface area (Å²) in [4.78, 5) is 2.47. The van der Waals surface area contributed by atoms with Gasteiger partial charge in [0.1, 0.15) is 0 Å². The molecule has 0 aliphatic carbocycles. The van der Waals surface area contributed by atoms with Gasteiger partial charge in [0.15, 0.2) is 0 Å². The molecule has 0 aliphatic heterocycles. The molecule has 230 valence electrons. The molecule has 10 rings (SSSR count). The van der Waals surface area contributed by atoms with E-state index in [1.807, 2.05) is 0 Å². The van der Waals surface area contributed by atoms with Crippen LogP contribution in [0.15, 0.2) is 182 Å². The SMILES string of the molecule is c1ccc(-n2c3ccccc3c3ccc(N(c4ccc5c(c4)[se]c4ccccc45)c4ccccc4-c4ccc5ccccc5c4)cc32)cc1. The van der Waals surface area contributed by atoms with Gasteiger partial charge in [-0.1, -0.05) is 0 Å². The Kier molecular flexibility index (Phi) is 6.55. The van der Waals surface area contributed by atoms with Gasteiger partial charge in [-0.05, 0) is 0 Å². The van der Waals surface area contributed by atoms with Crippen molar-refractivity contribution in [1.29, 1.82) is 0 Å². The number of aromatic nitrogens is 1. The average molecular weight is 690 g/mol. The molecule has 0 aliphatic rings. The molecule has 0 N–H and O–H groups in total. The number of nitrogens with zero attached hydrogens (tertiary/aromatic N) is 2. The van der Waals surface area contributed by atoms with Gasteiger partial charge in [0, 0.05) is 0 Å². The van der Waals surface area contributed by atoms with Crippen molar-refractivity contribution in [2.45, 2.75) is 0 Å². The molecule has 0 amide bonds. The van der Waals surface area contributed by atoms with Gasteiger partial charge >= 0.3 is 292 Å². The molecule has 0 unspecified atom stereocenters. The van der Waals surface area contributed by atoms with Crippen LogP contribution in [0, 0.1) is 0 Å². The first-order valence-electron chi connectivity index (χ1n) is 16.7. The zero-order valence-electron chi connectivity index (χ0n) is 26.6. The van der Waals surface area contributed by atoms with Gasteiger partial charge in [0.25, 0.3) is 0 Å². The van der Waals surface area contributed by atoms with Crippen molar-refractivity contribution >= 4 is 83.4 Å². The molecule has 0 fully saturated rings. The van der Waals surface area contributed by atoms with Crippen LogP contribution in [0.3, 0.4) is 0 Å². The van der Waals surface area contributed by atoms with E-state index in [-0.39, 0.29) is 14.5 Å². The van der Waals surface area contributed by atoms with Crippen molar-refractivity contribution in [2.24, 2.45) is 0 Å². The number of hydrogen-bond acceptors (Lipinski definition) is 1. The third-order valence-corrected chi connectivity index (χ3v) is 12.1. The van der Waals surface area contributed by atoms with Crippen molar-refractivity contribution in [3.05, 3.63) is 182 Å². The Hall–Kier alpha value is -5.86. The molecule has 0 saturated carbocycles. The molecule has 8 aromatic carbocycles. The molecule has 0 spiro atoms. The fourth-order valence-corrected chi connectivity index (χ4v) is 9.89. The summed E-state index contributed by atoms with van der Waals surface area (Å²) in [5.41, 5.74) is 9.42. The maximum absolute atomic E-state index is 2.47. The van der Waals surface area contributed by atoms with Crippen LogP contribution in [0.5, 0.6) is 0 Å². The molecule has 0 bridgehead atoms. The van der Waals surface area contributed by atoms with Crippen LogP contribution in [-0.2, 0) is 0 Å². The Labute approximate surface area is 290 Å². The average Bonchev–Trinajstić information content (AvgIpc) is 3.70. The van der Waals surface area contributed by atoms with Crippen molar-refractivity contribution < 1.29 is 0 Å². The van der Waals surface area contributed by atoms with E-state index >= 15 is 0 Å². The number of hydrogen-bond donors (Lipinski definition) is 0. The summed E-state index contributed by atoms with van der Waals surface area (Å²) in [6.07, 6.45) is 0. The zero-order valence-corrected chi connectivity index (χ0v) is 28.3. The van der Waals surface area contributed by atoms with Crippen LogP contribution in [0.1, 0.15) is 0 Å². The summed E-state index contributed by atoms with van der Waals surface area (Å²) in [7, 11) is 0. The minimum absolute atomic E-state index is 0.259. The summed E-state index contributed by atoms with van der Waals surface area (Å²) in [5, 5.41) is 7.74. The molecule has 0 radical (unpaired) electrons. The molecule has 10 aromatic rings. The van der Waals surface area contributed by atoms with Crippen molar-refractivity contribution in [2.75, 3.05) is 4.90 Å². The van der Waals surface area contributed by atoms with Crippen LogP contribution in [0.25, 0.3) is 68.7 Å². The van der Waals surface area contributed by atoms with E-state index in [0.717, 1.165) is 17.1 Å².